The lowest BCUT2D eigenvalue weighted by molar-refractivity contribution is -0.139. The first kappa shape index (κ1) is 18.7. The van der Waals surface area contributed by atoms with Gasteiger partial charge in [0.2, 0.25) is 0 Å². The van der Waals surface area contributed by atoms with E-state index in [1.165, 1.54) is 0 Å². The molecule has 0 bridgehead atoms. The Bertz CT molecular complexity index is 327. The van der Waals surface area contributed by atoms with Gasteiger partial charge in [-0.15, -0.1) is 6.58 Å². The molecule has 0 aromatic heterocycles. The number of hydrogen-bond donors (Lipinski definition) is 2. The van der Waals surface area contributed by atoms with E-state index in [0.717, 1.165) is 5.57 Å². The molecule has 0 aliphatic carbocycles. The van der Waals surface area contributed by atoms with Crippen LogP contribution in [0.2, 0.25) is 0 Å². The molecule has 0 heterocycles. The minimum absolute atomic E-state index is 0.384. The first-order valence-electron chi connectivity index (χ1n) is 6.15. The Morgan fingerprint density at radius 3 is 2.17 bits per heavy atom. The molecule has 3 nitrogen and oxygen atoms in total. The molecule has 3 heteroatoms. The van der Waals surface area contributed by atoms with E-state index in [0.29, 0.717) is 0 Å². The maximum atomic E-state index is 10.8. The van der Waals surface area contributed by atoms with Gasteiger partial charge in [0.1, 0.15) is 6.04 Å². The van der Waals surface area contributed by atoms with Gasteiger partial charge >= 0.3 is 5.97 Å². The van der Waals surface area contributed by atoms with E-state index in [1.807, 2.05) is 58.1 Å². The van der Waals surface area contributed by atoms with Gasteiger partial charge in [0.15, 0.2) is 0 Å². The number of carboxylic acids is 1. The Balaban J connectivity index is 0. The van der Waals surface area contributed by atoms with Gasteiger partial charge in [-0.2, -0.15) is 0 Å². The average molecular weight is 251 g/mol. The molecule has 0 spiro atoms. The summed E-state index contributed by atoms with van der Waals surface area (Å²) in [6, 6.07) is -0.967. The van der Waals surface area contributed by atoms with E-state index in [1.54, 1.807) is 6.08 Å². The first-order chi connectivity index (χ1) is 8.58. The zero-order valence-electron chi connectivity index (χ0n) is 11.8. The van der Waals surface area contributed by atoms with E-state index >= 15 is 0 Å². The Morgan fingerprint density at radius 1 is 1.28 bits per heavy atom. The molecular formula is C15H25NO2. The van der Waals surface area contributed by atoms with Gasteiger partial charge in [-0.1, -0.05) is 50.3 Å². The Hall–Kier alpha value is -1.61. The zero-order chi connectivity index (χ0) is 14.6. The van der Waals surface area contributed by atoms with E-state index < -0.39 is 12.0 Å². The summed E-state index contributed by atoms with van der Waals surface area (Å²) in [6.07, 6.45) is 10.8. The molecule has 0 unspecified atom stereocenters. The van der Waals surface area contributed by atoms with Gasteiger partial charge in [0.05, 0.1) is 0 Å². The molecule has 18 heavy (non-hydrogen) atoms. The summed E-state index contributed by atoms with van der Waals surface area (Å²) in [5.74, 6) is -1.41. The van der Waals surface area contributed by atoms with Crippen LogP contribution in [0.3, 0.4) is 0 Å². The number of carbonyl (C=O) groups is 1. The molecule has 3 N–H and O–H groups in total. The number of carboxylic acid groups (broad SMARTS) is 1. The highest BCUT2D eigenvalue weighted by molar-refractivity contribution is 5.74. The number of nitrogens with two attached hydrogens (primary N) is 1. The number of aliphatic carboxylic acids is 1. The Morgan fingerprint density at radius 2 is 1.83 bits per heavy atom. The molecule has 0 radical (unpaired) electrons. The SMILES string of the molecule is C=C[C@H](C(/C=C\C)=C/C=C\C)[C@H](N)C(=O)O.CC. The molecule has 0 rings (SSSR count). The van der Waals surface area contributed by atoms with Crippen molar-refractivity contribution in [3.05, 3.63) is 48.6 Å². The molecule has 102 valence electrons. The van der Waals surface area contributed by atoms with E-state index in [4.69, 9.17) is 10.8 Å². The third-order valence-electron chi connectivity index (χ3n) is 2.15. The average Bonchev–Trinajstić information content (AvgIpc) is 2.38. The summed E-state index contributed by atoms with van der Waals surface area (Å²) in [7, 11) is 0. The lowest BCUT2D eigenvalue weighted by Gasteiger charge is -2.18. The lowest BCUT2D eigenvalue weighted by Crippen LogP contribution is -2.37. The Kier molecular flexibility index (Phi) is 12.4. The topological polar surface area (TPSA) is 63.3 Å². The zero-order valence-corrected chi connectivity index (χ0v) is 11.8. The van der Waals surface area contributed by atoms with Crippen LogP contribution in [0.1, 0.15) is 27.7 Å². The van der Waals surface area contributed by atoms with Crippen molar-refractivity contribution in [3.8, 4) is 0 Å². The van der Waals surface area contributed by atoms with Crippen molar-refractivity contribution in [1.29, 1.82) is 0 Å². The smallest absolute Gasteiger partial charge is 0.321 e. The van der Waals surface area contributed by atoms with Crippen LogP contribution in [-0.4, -0.2) is 17.1 Å². The second-order valence-electron chi connectivity index (χ2n) is 3.32. The monoisotopic (exact) mass is 251 g/mol. The van der Waals surface area contributed by atoms with Crippen LogP contribution < -0.4 is 5.73 Å². The van der Waals surface area contributed by atoms with Gasteiger partial charge < -0.3 is 10.8 Å². The first-order valence-corrected chi connectivity index (χ1v) is 6.15. The molecule has 0 aliphatic heterocycles. The van der Waals surface area contributed by atoms with Crippen LogP contribution in [-0.2, 0) is 4.79 Å². The van der Waals surface area contributed by atoms with Crippen LogP contribution in [0.15, 0.2) is 48.6 Å². The number of rotatable bonds is 6. The van der Waals surface area contributed by atoms with Crippen molar-refractivity contribution in [3.63, 3.8) is 0 Å². The quantitative estimate of drug-likeness (QED) is 0.562. The fourth-order valence-electron chi connectivity index (χ4n) is 1.32. The van der Waals surface area contributed by atoms with E-state index in [2.05, 4.69) is 6.58 Å². The fourth-order valence-corrected chi connectivity index (χ4v) is 1.32. The third-order valence-corrected chi connectivity index (χ3v) is 2.15. The van der Waals surface area contributed by atoms with Gasteiger partial charge in [-0.25, -0.2) is 0 Å². The summed E-state index contributed by atoms with van der Waals surface area (Å²) in [5.41, 5.74) is 6.44. The lowest BCUT2D eigenvalue weighted by atomic mass is 9.91. The highest BCUT2D eigenvalue weighted by Gasteiger charge is 2.23. The summed E-state index contributed by atoms with van der Waals surface area (Å²) < 4.78 is 0. The van der Waals surface area contributed by atoms with Crippen LogP contribution in [0.25, 0.3) is 0 Å². The number of allylic oxidation sites excluding steroid dienone is 5. The molecule has 0 aromatic rings. The molecule has 0 saturated heterocycles. The third kappa shape index (κ3) is 6.86. The normalized spacial score (nSPS) is 15.1. The van der Waals surface area contributed by atoms with Crippen LogP contribution in [0.5, 0.6) is 0 Å². The Labute approximate surface area is 110 Å². The van der Waals surface area contributed by atoms with Gasteiger partial charge in [-0.05, 0) is 19.4 Å². The second-order valence-corrected chi connectivity index (χ2v) is 3.32. The molecule has 0 aromatic carbocycles. The summed E-state index contributed by atoms with van der Waals surface area (Å²) in [6.45, 7) is 11.4. The molecule has 0 aliphatic rings. The maximum absolute atomic E-state index is 10.8. The highest BCUT2D eigenvalue weighted by Crippen LogP contribution is 2.17. The van der Waals surface area contributed by atoms with Gasteiger partial charge in [0, 0.05) is 5.92 Å². The van der Waals surface area contributed by atoms with Crippen molar-refractivity contribution in [2.75, 3.05) is 0 Å². The van der Waals surface area contributed by atoms with Crippen molar-refractivity contribution >= 4 is 5.97 Å². The predicted molar refractivity (Wildman–Crippen MR) is 78.4 cm³/mol. The van der Waals surface area contributed by atoms with Gasteiger partial charge in [-0.3, -0.25) is 4.79 Å². The maximum Gasteiger partial charge on any atom is 0.321 e. The largest absolute Gasteiger partial charge is 0.480 e. The van der Waals surface area contributed by atoms with Crippen molar-refractivity contribution < 1.29 is 9.90 Å². The number of hydrogen-bond acceptors (Lipinski definition) is 2. The summed E-state index contributed by atoms with van der Waals surface area (Å²) in [4.78, 5) is 10.8. The minimum Gasteiger partial charge on any atom is -0.480 e. The minimum atomic E-state index is -1.03. The standard InChI is InChI=1S/C13H19NO2.C2H6/c1-4-7-9-10(8-5-2)11(6-3)12(14)13(15)16;1-2/h4-9,11-12H,3,14H2,1-2H3,(H,15,16);1-2H3/b7-4-,8-5-,10-9+;/t11-,12+;/m1./s1. The van der Waals surface area contributed by atoms with Crippen molar-refractivity contribution in [1.82, 2.24) is 0 Å². The molecular weight excluding hydrogens is 226 g/mol. The molecule has 0 fully saturated rings. The van der Waals surface area contributed by atoms with E-state index in [9.17, 15) is 4.79 Å². The van der Waals surface area contributed by atoms with Crippen LogP contribution in [0.4, 0.5) is 0 Å². The highest BCUT2D eigenvalue weighted by atomic mass is 16.4. The molecule has 0 saturated carbocycles. The summed E-state index contributed by atoms with van der Waals surface area (Å²) in [5, 5.41) is 8.88. The predicted octanol–water partition coefficient (Wildman–Crippen LogP) is 3.31. The van der Waals surface area contributed by atoms with Crippen molar-refractivity contribution in [2.24, 2.45) is 11.7 Å². The molecule has 2 atom stereocenters. The van der Waals surface area contributed by atoms with Crippen LogP contribution >= 0.6 is 0 Å². The summed E-state index contributed by atoms with van der Waals surface area (Å²) >= 11 is 0. The van der Waals surface area contributed by atoms with Crippen molar-refractivity contribution in [2.45, 2.75) is 33.7 Å². The second kappa shape index (κ2) is 11.9. The van der Waals surface area contributed by atoms with E-state index in [-0.39, 0.29) is 5.92 Å². The molecule has 0 amide bonds. The van der Waals surface area contributed by atoms with Crippen LogP contribution in [0, 0.1) is 5.92 Å². The fraction of sp³-hybridized carbons (Fsp3) is 0.400. The van der Waals surface area contributed by atoms with Gasteiger partial charge in [0.25, 0.3) is 0 Å².